The predicted octanol–water partition coefficient (Wildman–Crippen LogP) is 4.36. The number of carbonyl (C=O) groups excluding carboxylic acids is 2. The first-order chi connectivity index (χ1) is 18.7. The minimum absolute atomic E-state index is 0.114. The highest BCUT2D eigenvalue weighted by Crippen LogP contribution is 2.19. The molecule has 0 unspecified atom stereocenters. The van der Waals surface area contributed by atoms with E-state index in [4.69, 9.17) is 31.2 Å². The minimum Gasteiger partial charge on any atom is -0.497 e. The summed E-state index contributed by atoms with van der Waals surface area (Å²) in [4.78, 5) is 38.7. The zero-order valence-corrected chi connectivity index (χ0v) is 23.4. The minimum atomic E-state index is -0.693. The SMILES string of the molecule is CCOC(=O)CN(Cc1ccc(OCCn2c(=O)cc(C)n(CC)c2=S)cc1)C(=O)Oc1ccc(OC)cc1. The van der Waals surface area contributed by atoms with Crippen LogP contribution in [0.5, 0.6) is 17.2 Å². The summed E-state index contributed by atoms with van der Waals surface area (Å²) < 4.78 is 25.3. The molecule has 0 N–H and O–H groups in total. The van der Waals surface area contributed by atoms with Crippen LogP contribution in [0.25, 0.3) is 0 Å². The number of carbonyl (C=O) groups is 2. The number of hydrogen-bond donors (Lipinski definition) is 0. The Labute approximate surface area is 232 Å². The first-order valence-electron chi connectivity index (χ1n) is 12.5. The fraction of sp³-hybridized carbons (Fsp3) is 0.357. The maximum atomic E-state index is 12.9. The Morgan fingerprint density at radius 1 is 0.949 bits per heavy atom. The van der Waals surface area contributed by atoms with Crippen LogP contribution in [0.3, 0.4) is 0 Å². The van der Waals surface area contributed by atoms with E-state index in [0.29, 0.717) is 35.1 Å². The molecule has 39 heavy (non-hydrogen) atoms. The average Bonchev–Trinajstić information content (AvgIpc) is 2.91. The second kappa shape index (κ2) is 14.1. The van der Waals surface area contributed by atoms with Gasteiger partial charge in [0.05, 0.1) is 20.3 Å². The van der Waals surface area contributed by atoms with Gasteiger partial charge in [-0.2, -0.15) is 0 Å². The number of ether oxygens (including phenoxy) is 4. The largest absolute Gasteiger partial charge is 0.497 e. The van der Waals surface area contributed by atoms with Gasteiger partial charge in [0.15, 0.2) is 4.77 Å². The maximum Gasteiger partial charge on any atom is 0.416 e. The summed E-state index contributed by atoms with van der Waals surface area (Å²) in [6.07, 6.45) is -0.693. The van der Waals surface area contributed by atoms with Crippen molar-refractivity contribution in [2.75, 3.05) is 26.9 Å². The number of esters is 1. The highest BCUT2D eigenvalue weighted by atomic mass is 32.1. The molecule has 0 saturated heterocycles. The molecule has 0 aliphatic rings. The smallest absolute Gasteiger partial charge is 0.416 e. The van der Waals surface area contributed by atoms with Gasteiger partial charge in [-0.25, -0.2) is 4.79 Å². The highest BCUT2D eigenvalue weighted by Gasteiger charge is 2.21. The van der Waals surface area contributed by atoms with Gasteiger partial charge in [-0.05, 0) is 75.0 Å². The normalized spacial score (nSPS) is 10.6. The molecule has 0 fully saturated rings. The van der Waals surface area contributed by atoms with E-state index in [2.05, 4.69) is 0 Å². The van der Waals surface area contributed by atoms with Gasteiger partial charge in [-0.15, -0.1) is 0 Å². The number of methoxy groups -OCH3 is 1. The molecular weight excluding hydrogens is 522 g/mol. The number of amides is 1. The molecule has 0 spiro atoms. The summed E-state index contributed by atoms with van der Waals surface area (Å²) in [6.45, 7) is 6.81. The van der Waals surface area contributed by atoms with Crippen molar-refractivity contribution in [1.29, 1.82) is 0 Å². The van der Waals surface area contributed by atoms with Gasteiger partial charge < -0.3 is 23.5 Å². The molecule has 1 heterocycles. The van der Waals surface area contributed by atoms with E-state index >= 15 is 0 Å². The summed E-state index contributed by atoms with van der Waals surface area (Å²) in [5, 5.41) is 0. The summed E-state index contributed by atoms with van der Waals surface area (Å²) in [5.41, 5.74) is 1.42. The van der Waals surface area contributed by atoms with E-state index in [9.17, 15) is 14.4 Å². The average molecular weight is 556 g/mol. The van der Waals surface area contributed by atoms with Crippen molar-refractivity contribution in [3.8, 4) is 17.2 Å². The van der Waals surface area contributed by atoms with Gasteiger partial charge in [0.2, 0.25) is 0 Å². The van der Waals surface area contributed by atoms with Crippen LogP contribution in [0.15, 0.2) is 59.4 Å². The molecule has 1 amide bonds. The lowest BCUT2D eigenvalue weighted by molar-refractivity contribution is -0.144. The quantitative estimate of drug-likeness (QED) is 0.240. The van der Waals surface area contributed by atoms with Gasteiger partial charge in [-0.1, -0.05) is 12.1 Å². The summed E-state index contributed by atoms with van der Waals surface area (Å²) in [6, 6.07) is 15.2. The van der Waals surface area contributed by atoms with Crippen molar-refractivity contribution in [2.45, 2.75) is 40.4 Å². The fourth-order valence-corrected chi connectivity index (χ4v) is 4.29. The number of nitrogens with zero attached hydrogens (tertiary/aromatic N) is 3. The molecule has 0 aliphatic carbocycles. The second-order valence-corrected chi connectivity index (χ2v) is 8.86. The van der Waals surface area contributed by atoms with Gasteiger partial charge >= 0.3 is 12.1 Å². The Balaban J connectivity index is 1.64. The van der Waals surface area contributed by atoms with Crippen LogP contribution in [0.2, 0.25) is 0 Å². The van der Waals surface area contributed by atoms with E-state index < -0.39 is 12.1 Å². The summed E-state index contributed by atoms with van der Waals surface area (Å²) in [7, 11) is 1.54. The van der Waals surface area contributed by atoms with Crippen molar-refractivity contribution in [2.24, 2.45) is 0 Å². The molecule has 0 radical (unpaired) electrons. The maximum absolute atomic E-state index is 12.9. The third kappa shape index (κ3) is 8.18. The van der Waals surface area contributed by atoms with Crippen molar-refractivity contribution < 1.29 is 28.5 Å². The van der Waals surface area contributed by atoms with Crippen molar-refractivity contribution in [3.63, 3.8) is 0 Å². The van der Waals surface area contributed by atoms with Crippen molar-refractivity contribution in [3.05, 3.63) is 81.0 Å². The Bertz CT molecular complexity index is 1380. The zero-order valence-electron chi connectivity index (χ0n) is 22.5. The van der Waals surface area contributed by atoms with Crippen molar-refractivity contribution >= 4 is 24.3 Å². The van der Waals surface area contributed by atoms with Crippen molar-refractivity contribution in [1.82, 2.24) is 14.0 Å². The lowest BCUT2D eigenvalue weighted by Crippen LogP contribution is -2.38. The van der Waals surface area contributed by atoms with Gasteiger partial charge in [0.25, 0.3) is 5.56 Å². The van der Waals surface area contributed by atoms with E-state index in [1.165, 1.54) is 9.47 Å². The van der Waals surface area contributed by atoms with Crippen LogP contribution < -0.4 is 19.8 Å². The van der Waals surface area contributed by atoms with E-state index in [1.807, 2.05) is 18.4 Å². The predicted molar refractivity (Wildman–Crippen MR) is 148 cm³/mol. The molecule has 0 atom stereocenters. The Kier molecular flexibility index (Phi) is 10.7. The van der Waals surface area contributed by atoms with Crippen LogP contribution in [0, 0.1) is 11.7 Å². The summed E-state index contributed by atoms with van der Waals surface area (Å²) >= 11 is 5.46. The fourth-order valence-electron chi connectivity index (χ4n) is 3.84. The lowest BCUT2D eigenvalue weighted by Gasteiger charge is -2.21. The van der Waals surface area contributed by atoms with Crippen LogP contribution in [0.1, 0.15) is 25.1 Å². The number of benzene rings is 2. The standard InChI is InChI=1S/C28H33N3O7S/c1-5-30-20(3)17-25(32)31(27(30)39)15-16-37-23-9-7-21(8-10-23)18-29(19-26(33)36-6-2)28(34)38-24-13-11-22(35-4)12-14-24/h7-14,17H,5-6,15-16,18-19H2,1-4H3. The van der Waals surface area contributed by atoms with E-state index in [1.54, 1.807) is 68.6 Å². The lowest BCUT2D eigenvalue weighted by atomic mass is 10.2. The molecule has 208 valence electrons. The van der Waals surface area contributed by atoms with Gasteiger partial charge in [0, 0.05) is 24.8 Å². The monoisotopic (exact) mass is 555 g/mol. The molecule has 1 aromatic heterocycles. The Morgan fingerprint density at radius 3 is 2.21 bits per heavy atom. The van der Waals surface area contributed by atoms with Crippen LogP contribution in [-0.4, -0.2) is 53.0 Å². The van der Waals surface area contributed by atoms with E-state index in [-0.39, 0.29) is 31.9 Å². The van der Waals surface area contributed by atoms with Crippen LogP contribution >= 0.6 is 12.2 Å². The Hall–Kier alpha value is -4.12. The zero-order chi connectivity index (χ0) is 28.4. The molecule has 0 saturated carbocycles. The Morgan fingerprint density at radius 2 is 1.59 bits per heavy atom. The summed E-state index contributed by atoms with van der Waals surface area (Å²) in [5.74, 6) is 0.991. The molecule has 3 aromatic rings. The first kappa shape index (κ1) is 29.4. The number of hydrogen-bond acceptors (Lipinski definition) is 8. The highest BCUT2D eigenvalue weighted by molar-refractivity contribution is 7.71. The first-order valence-corrected chi connectivity index (χ1v) is 13.0. The van der Waals surface area contributed by atoms with Crippen LogP contribution in [0.4, 0.5) is 4.79 Å². The van der Waals surface area contributed by atoms with E-state index in [0.717, 1.165) is 11.3 Å². The van der Waals surface area contributed by atoms with Crippen LogP contribution in [-0.2, 0) is 29.2 Å². The van der Waals surface area contributed by atoms with Gasteiger partial charge in [0.1, 0.15) is 30.4 Å². The third-order valence-corrected chi connectivity index (χ3v) is 6.27. The molecule has 3 rings (SSSR count). The number of aryl methyl sites for hydroxylation is 1. The van der Waals surface area contributed by atoms with Gasteiger partial charge in [-0.3, -0.25) is 19.1 Å². The number of aromatic nitrogens is 2. The third-order valence-electron chi connectivity index (χ3n) is 5.83. The number of rotatable bonds is 12. The molecule has 11 heteroatoms. The molecule has 10 nitrogen and oxygen atoms in total. The second-order valence-electron chi connectivity index (χ2n) is 8.50. The topological polar surface area (TPSA) is 101 Å². The molecule has 2 aromatic carbocycles. The molecular formula is C28H33N3O7S. The molecule has 0 bridgehead atoms. The molecule has 0 aliphatic heterocycles.